The van der Waals surface area contributed by atoms with E-state index in [1.54, 1.807) is 0 Å². The van der Waals surface area contributed by atoms with Gasteiger partial charge in [0.25, 0.3) is 0 Å². The lowest BCUT2D eigenvalue weighted by atomic mass is 9.79. The summed E-state index contributed by atoms with van der Waals surface area (Å²) in [5.74, 6) is 0.624. The monoisotopic (exact) mass is 222 g/mol. The maximum absolute atomic E-state index is 12.1. The normalized spacial score (nSPS) is 18.8. The van der Waals surface area contributed by atoms with Crippen LogP contribution in [-0.2, 0) is 6.42 Å². The topological polar surface area (TPSA) is 17.1 Å². The van der Waals surface area contributed by atoms with Crippen LogP contribution in [0.25, 0.3) is 0 Å². The second-order valence-electron chi connectivity index (χ2n) is 4.60. The smallest absolute Gasteiger partial charge is 0.163 e. The van der Waals surface area contributed by atoms with E-state index in [-0.39, 0.29) is 5.78 Å². The summed E-state index contributed by atoms with van der Waals surface area (Å²) >= 11 is 0. The molecule has 0 spiro atoms. The molecule has 17 heavy (non-hydrogen) atoms. The highest BCUT2D eigenvalue weighted by Crippen LogP contribution is 2.32. The van der Waals surface area contributed by atoms with Gasteiger partial charge in [-0.05, 0) is 23.5 Å². The minimum Gasteiger partial charge on any atom is -0.294 e. The number of Topliss-reactive ketones (excluding diaryl/α,β-unsaturated/α-hetero) is 1. The molecule has 0 aromatic heterocycles. The fourth-order valence-electron chi connectivity index (χ4n) is 2.60. The fourth-order valence-corrected chi connectivity index (χ4v) is 2.60. The molecule has 1 aliphatic rings. The Hall–Kier alpha value is -1.89. The molecular weight excluding hydrogens is 208 g/mol. The molecule has 0 radical (unpaired) electrons. The van der Waals surface area contributed by atoms with Gasteiger partial charge >= 0.3 is 0 Å². The highest BCUT2D eigenvalue weighted by Gasteiger charge is 2.25. The highest BCUT2D eigenvalue weighted by molar-refractivity contribution is 5.99. The second kappa shape index (κ2) is 4.17. The summed E-state index contributed by atoms with van der Waals surface area (Å²) in [5, 5.41) is 0. The van der Waals surface area contributed by atoms with E-state index in [1.807, 2.05) is 36.4 Å². The zero-order chi connectivity index (χ0) is 11.7. The number of carbonyl (C=O) groups is 1. The van der Waals surface area contributed by atoms with Gasteiger partial charge in [-0.3, -0.25) is 4.79 Å². The van der Waals surface area contributed by atoms with Crippen molar-refractivity contribution >= 4 is 5.78 Å². The Bertz CT molecular complexity index is 542. The molecule has 84 valence electrons. The predicted octanol–water partition coefficient (Wildman–Crippen LogP) is 3.60. The largest absolute Gasteiger partial charge is 0.294 e. The summed E-state index contributed by atoms with van der Waals surface area (Å²) in [6.45, 7) is 0. The summed E-state index contributed by atoms with van der Waals surface area (Å²) in [6, 6.07) is 18.3. The van der Waals surface area contributed by atoms with Gasteiger partial charge in [-0.15, -0.1) is 0 Å². The molecule has 1 heteroatoms. The molecule has 0 fully saturated rings. The number of benzene rings is 2. The second-order valence-corrected chi connectivity index (χ2v) is 4.60. The van der Waals surface area contributed by atoms with Crippen LogP contribution in [0.5, 0.6) is 0 Å². The van der Waals surface area contributed by atoms with Crippen molar-refractivity contribution in [1.29, 1.82) is 0 Å². The van der Waals surface area contributed by atoms with E-state index in [4.69, 9.17) is 0 Å². The third-order valence-electron chi connectivity index (χ3n) is 3.49. The first-order valence-corrected chi connectivity index (χ1v) is 6.00. The molecule has 0 amide bonds. The minimum atomic E-state index is 0.278. The summed E-state index contributed by atoms with van der Waals surface area (Å²) in [4.78, 5) is 12.1. The number of hydrogen-bond acceptors (Lipinski definition) is 1. The van der Waals surface area contributed by atoms with Gasteiger partial charge in [-0.1, -0.05) is 54.6 Å². The van der Waals surface area contributed by atoms with Crippen LogP contribution < -0.4 is 0 Å². The molecule has 0 unspecified atom stereocenters. The molecule has 1 aliphatic carbocycles. The lowest BCUT2D eigenvalue weighted by Gasteiger charge is -2.23. The van der Waals surface area contributed by atoms with Crippen LogP contribution in [0.15, 0.2) is 54.6 Å². The van der Waals surface area contributed by atoms with E-state index in [2.05, 4.69) is 18.2 Å². The lowest BCUT2D eigenvalue weighted by Crippen LogP contribution is -2.18. The van der Waals surface area contributed by atoms with Gasteiger partial charge in [-0.2, -0.15) is 0 Å². The number of carbonyl (C=O) groups excluding carboxylic acids is 1. The Morgan fingerprint density at radius 3 is 2.35 bits per heavy atom. The van der Waals surface area contributed by atoms with Gasteiger partial charge in [0.15, 0.2) is 5.78 Å². The van der Waals surface area contributed by atoms with Crippen LogP contribution in [-0.4, -0.2) is 5.78 Å². The quantitative estimate of drug-likeness (QED) is 0.720. The van der Waals surface area contributed by atoms with Crippen molar-refractivity contribution in [1.82, 2.24) is 0 Å². The third-order valence-corrected chi connectivity index (χ3v) is 3.49. The molecular formula is C16H14O. The average molecular weight is 222 g/mol. The van der Waals surface area contributed by atoms with E-state index in [0.717, 1.165) is 12.0 Å². The van der Waals surface area contributed by atoms with Gasteiger partial charge in [0.05, 0.1) is 0 Å². The number of fused-ring (bicyclic) bond motifs is 1. The Balaban J connectivity index is 1.97. The molecule has 1 atom stereocenters. The molecule has 0 N–H and O–H groups in total. The first kappa shape index (κ1) is 10.3. The average Bonchev–Trinajstić information content (AvgIpc) is 2.40. The van der Waals surface area contributed by atoms with Crippen LogP contribution in [0.4, 0.5) is 0 Å². The van der Waals surface area contributed by atoms with Gasteiger partial charge in [0, 0.05) is 12.0 Å². The van der Waals surface area contributed by atoms with Crippen LogP contribution in [0.3, 0.4) is 0 Å². The summed E-state index contributed by atoms with van der Waals surface area (Å²) in [6.07, 6.45) is 1.62. The van der Waals surface area contributed by atoms with Gasteiger partial charge < -0.3 is 0 Å². The van der Waals surface area contributed by atoms with Crippen LogP contribution in [0.2, 0.25) is 0 Å². The molecule has 3 rings (SSSR count). The Kier molecular flexibility index (Phi) is 2.52. The van der Waals surface area contributed by atoms with Crippen molar-refractivity contribution in [3.63, 3.8) is 0 Å². The molecule has 0 saturated carbocycles. The fraction of sp³-hybridized carbons (Fsp3) is 0.188. The third kappa shape index (κ3) is 1.89. The molecule has 1 nitrogen and oxygen atoms in total. The molecule has 0 heterocycles. The first-order chi connectivity index (χ1) is 8.34. The van der Waals surface area contributed by atoms with E-state index in [9.17, 15) is 4.79 Å². The van der Waals surface area contributed by atoms with E-state index < -0.39 is 0 Å². The molecule has 0 bridgehead atoms. The SMILES string of the molecule is O=C1C[C@@H](c2ccccc2)Cc2ccccc21. The zero-order valence-corrected chi connectivity index (χ0v) is 9.60. The van der Waals surface area contributed by atoms with Crippen molar-refractivity contribution in [3.8, 4) is 0 Å². The van der Waals surface area contributed by atoms with E-state index >= 15 is 0 Å². The maximum Gasteiger partial charge on any atom is 0.163 e. The standard InChI is InChI=1S/C16H14O/c17-16-11-14(12-6-2-1-3-7-12)10-13-8-4-5-9-15(13)16/h1-9,14H,10-11H2/t14-/m0/s1. The van der Waals surface area contributed by atoms with E-state index in [1.165, 1.54) is 11.1 Å². The van der Waals surface area contributed by atoms with Crippen LogP contribution in [0, 0.1) is 0 Å². The van der Waals surface area contributed by atoms with Crippen molar-refractivity contribution in [3.05, 3.63) is 71.3 Å². The minimum absolute atomic E-state index is 0.278. The number of rotatable bonds is 1. The van der Waals surface area contributed by atoms with Crippen molar-refractivity contribution in [2.75, 3.05) is 0 Å². The van der Waals surface area contributed by atoms with E-state index in [0.29, 0.717) is 12.3 Å². The summed E-state index contributed by atoms with van der Waals surface area (Å²) in [7, 11) is 0. The van der Waals surface area contributed by atoms with Crippen molar-refractivity contribution in [2.24, 2.45) is 0 Å². The number of hydrogen-bond donors (Lipinski definition) is 0. The predicted molar refractivity (Wildman–Crippen MR) is 68.3 cm³/mol. The molecule has 2 aromatic rings. The van der Waals surface area contributed by atoms with Gasteiger partial charge in [0.1, 0.15) is 0 Å². The van der Waals surface area contributed by atoms with Crippen LogP contribution >= 0.6 is 0 Å². The van der Waals surface area contributed by atoms with Gasteiger partial charge in [-0.25, -0.2) is 0 Å². The summed E-state index contributed by atoms with van der Waals surface area (Å²) < 4.78 is 0. The zero-order valence-electron chi connectivity index (χ0n) is 9.60. The van der Waals surface area contributed by atoms with Gasteiger partial charge in [0.2, 0.25) is 0 Å². The Morgan fingerprint density at radius 1 is 0.824 bits per heavy atom. The highest BCUT2D eigenvalue weighted by atomic mass is 16.1. The Morgan fingerprint density at radius 2 is 1.53 bits per heavy atom. The van der Waals surface area contributed by atoms with Crippen LogP contribution in [0.1, 0.15) is 33.8 Å². The maximum atomic E-state index is 12.1. The van der Waals surface area contributed by atoms with Crippen molar-refractivity contribution in [2.45, 2.75) is 18.8 Å². The molecule has 0 saturated heterocycles. The van der Waals surface area contributed by atoms with Crippen molar-refractivity contribution < 1.29 is 4.79 Å². The molecule has 2 aromatic carbocycles. The first-order valence-electron chi connectivity index (χ1n) is 6.00. The molecule has 0 aliphatic heterocycles. The summed E-state index contributed by atoms with van der Waals surface area (Å²) in [5.41, 5.74) is 3.38. The lowest BCUT2D eigenvalue weighted by molar-refractivity contribution is 0.0964. The Labute approximate surface area is 101 Å². The number of ketones is 1.